The third-order valence-corrected chi connectivity index (χ3v) is 2.62. The molecule has 0 aromatic heterocycles. The molecular weight excluding hydrogens is 206 g/mol. The van der Waals surface area contributed by atoms with Crippen LogP contribution in [0.15, 0.2) is 18.2 Å². The molecule has 0 amide bonds. The summed E-state index contributed by atoms with van der Waals surface area (Å²) in [5.41, 5.74) is 7.34. The fraction of sp³-hybridized carbons (Fsp3) is 0.417. The molecule has 86 valence electrons. The molecular formula is C12H15NO3. The second-order valence-electron chi connectivity index (χ2n) is 3.83. The minimum Gasteiger partial charge on any atom is -0.492 e. The fourth-order valence-corrected chi connectivity index (χ4v) is 1.80. The lowest BCUT2D eigenvalue weighted by Gasteiger charge is -2.24. The zero-order valence-electron chi connectivity index (χ0n) is 9.23. The van der Waals surface area contributed by atoms with E-state index in [1.165, 1.54) is 0 Å². The first-order valence-corrected chi connectivity index (χ1v) is 5.38. The average molecular weight is 221 g/mol. The molecule has 4 nitrogen and oxygen atoms in total. The maximum absolute atomic E-state index is 11.5. The number of fused-ring (bicyclic) bond motifs is 1. The van der Waals surface area contributed by atoms with E-state index in [9.17, 15) is 4.79 Å². The molecule has 1 aliphatic heterocycles. The van der Waals surface area contributed by atoms with Crippen LogP contribution in [-0.2, 0) is 16.0 Å². The van der Waals surface area contributed by atoms with Crippen molar-refractivity contribution in [2.75, 3.05) is 18.9 Å². The van der Waals surface area contributed by atoms with Gasteiger partial charge in [-0.2, -0.15) is 0 Å². The molecule has 0 spiro atoms. The van der Waals surface area contributed by atoms with Crippen LogP contribution < -0.4 is 10.5 Å². The topological polar surface area (TPSA) is 61.5 Å². The summed E-state index contributed by atoms with van der Waals surface area (Å²) < 4.78 is 10.5. The summed E-state index contributed by atoms with van der Waals surface area (Å²) in [6.07, 6.45) is 0.661. The van der Waals surface area contributed by atoms with Crippen LogP contribution in [0.5, 0.6) is 5.75 Å². The van der Waals surface area contributed by atoms with E-state index in [2.05, 4.69) is 0 Å². The van der Waals surface area contributed by atoms with E-state index in [4.69, 9.17) is 15.2 Å². The largest absolute Gasteiger partial charge is 0.492 e. The Balaban J connectivity index is 2.12. The van der Waals surface area contributed by atoms with E-state index in [-0.39, 0.29) is 11.9 Å². The van der Waals surface area contributed by atoms with E-state index < -0.39 is 0 Å². The zero-order chi connectivity index (χ0) is 11.5. The van der Waals surface area contributed by atoms with Gasteiger partial charge >= 0.3 is 5.97 Å². The van der Waals surface area contributed by atoms with Gasteiger partial charge in [-0.25, -0.2) is 0 Å². The number of anilines is 1. The second kappa shape index (κ2) is 4.43. The predicted molar refractivity (Wildman–Crippen MR) is 60.2 cm³/mol. The number of benzene rings is 1. The highest BCUT2D eigenvalue weighted by Crippen LogP contribution is 2.29. The molecule has 0 radical (unpaired) electrons. The van der Waals surface area contributed by atoms with Gasteiger partial charge in [-0.15, -0.1) is 0 Å². The molecule has 1 unspecified atom stereocenters. The van der Waals surface area contributed by atoms with Crippen molar-refractivity contribution in [3.8, 4) is 5.75 Å². The van der Waals surface area contributed by atoms with Crippen molar-refractivity contribution in [2.45, 2.75) is 13.3 Å². The Kier molecular flexibility index (Phi) is 2.99. The standard InChI is InChI=1S/C12H15NO3/c1-2-15-12(14)9-5-8-3-4-10(13)6-11(8)16-7-9/h3-4,6,9H,2,5,7,13H2,1H3. The predicted octanol–water partition coefficient (Wildman–Crippen LogP) is 1.38. The van der Waals surface area contributed by atoms with Crippen LogP contribution in [0.2, 0.25) is 0 Å². The number of rotatable bonds is 2. The molecule has 1 atom stereocenters. The first-order valence-electron chi connectivity index (χ1n) is 5.38. The van der Waals surface area contributed by atoms with Gasteiger partial charge in [0.05, 0.1) is 12.5 Å². The van der Waals surface area contributed by atoms with Gasteiger partial charge in [0, 0.05) is 11.8 Å². The third kappa shape index (κ3) is 2.10. The van der Waals surface area contributed by atoms with Crippen LogP contribution in [0.25, 0.3) is 0 Å². The van der Waals surface area contributed by atoms with Crippen molar-refractivity contribution in [2.24, 2.45) is 5.92 Å². The van der Waals surface area contributed by atoms with Crippen molar-refractivity contribution in [1.82, 2.24) is 0 Å². The van der Waals surface area contributed by atoms with Gasteiger partial charge in [-0.1, -0.05) is 6.07 Å². The van der Waals surface area contributed by atoms with E-state index in [0.717, 1.165) is 11.3 Å². The molecule has 0 fully saturated rings. The van der Waals surface area contributed by atoms with Gasteiger partial charge in [-0.3, -0.25) is 4.79 Å². The highest BCUT2D eigenvalue weighted by atomic mass is 16.5. The molecule has 1 aromatic carbocycles. The number of nitrogen functional groups attached to an aromatic ring is 1. The Hall–Kier alpha value is -1.71. The lowest BCUT2D eigenvalue weighted by Crippen LogP contribution is -2.29. The van der Waals surface area contributed by atoms with Crippen LogP contribution in [-0.4, -0.2) is 19.2 Å². The monoisotopic (exact) mass is 221 g/mol. The van der Waals surface area contributed by atoms with Crippen molar-refractivity contribution >= 4 is 11.7 Å². The maximum atomic E-state index is 11.5. The lowest BCUT2D eigenvalue weighted by molar-refractivity contribution is -0.149. The molecule has 4 heteroatoms. The fourth-order valence-electron chi connectivity index (χ4n) is 1.80. The van der Waals surface area contributed by atoms with Crippen molar-refractivity contribution < 1.29 is 14.3 Å². The van der Waals surface area contributed by atoms with Gasteiger partial charge in [0.1, 0.15) is 12.4 Å². The number of nitrogens with two attached hydrogens (primary N) is 1. The molecule has 0 saturated heterocycles. The number of carbonyl (C=O) groups excluding carboxylic acids is 1. The Morgan fingerprint density at radius 1 is 1.62 bits per heavy atom. The number of hydrogen-bond donors (Lipinski definition) is 1. The smallest absolute Gasteiger partial charge is 0.312 e. The average Bonchev–Trinajstić information content (AvgIpc) is 2.28. The number of esters is 1. The molecule has 2 rings (SSSR count). The summed E-state index contributed by atoms with van der Waals surface area (Å²) in [6, 6.07) is 5.50. The minimum atomic E-state index is -0.198. The lowest BCUT2D eigenvalue weighted by atomic mass is 9.96. The summed E-state index contributed by atoms with van der Waals surface area (Å²) in [7, 11) is 0. The number of hydrogen-bond acceptors (Lipinski definition) is 4. The van der Waals surface area contributed by atoms with Crippen molar-refractivity contribution in [3.63, 3.8) is 0 Å². The molecule has 1 aliphatic rings. The van der Waals surface area contributed by atoms with E-state index in [1.54, 1.807) is 13.0 Å². The highest BCUT2D eigenvalue weighted by molar-refractivity contribution is 5.73. The van der Waals surface area contributed by atoms with Gasteiger partial charge < -0.3 is 15.2 Å². The summed E-state index contributed by atoms with van der Waals surface area (Å²) >= 11 is 0. The molecule has 16 heavy (non-hydrogen) atoms. The Labute approximate surface area is 94.3 Å². The minimum absolute atomic E-state index is 0.190. The molecule has 0 bridgehead atoms. The SMILES string of the molecule is CCOC(=O)C1COc2cc(N)ccc2C1. The summed E-state index contributed by atoms with van der Waals surface area (Å²) in [4.78, 5) is 11.5. The van der Waals surface area contributed by atoms with Gasteiger partial charge in [-0.05, 0) is 25.0 Å². The first-order chi connectivity index (χ1) is 7.70. The first kappa shape index (κ1) is 10.8. The molecule has 1 aromatic rings. The summed E-state index contributed by atoms with van der Waals surface area (Å²) in [6.45, 7) is 2.58. The second-order valence-corrected chi connectivity index (χ2v) is 3.83. The van der Waals surface area contributed by atoms with Crippen LogP contribution in [0, 0.1) is 5.92 Å². The van der Waals surface area contributed by atoms with Crippen molar-refractivity contribution in [3.05, 3.63) is 23.8 Å². The van der Waals surface area contributed by atoms with E-state index >= 15 is 0 Å². The molecule has 0 saturated carbocycles. The normalized spacial score (nSPS) is 18.4. The molecule has 2 N–H and O–H groups in total. The quantitative estimate of drug-likeness (QED) is 0.605. The molecule has 0 aliphatic carbocycles. The highest BCUT2D eigenvalue weighted by Gasteiger charge is 2.26. The number of carbonyl (C=O) groups is 1. The maximum Gasteiger partial charge on any atom is 0.312 e. The van der Waals surface area contributed by atoms with Crippen LogP contribution in [0.4, 0.5) is 5.69 Å². The van der Waals surface area contributed by atoms with Gasteiger partial charge in [0.25, 0.3) is 0 Å². The van der Waals surface area contributed by atoms with Crippen LogP contribution >= 0.6 is 0 Å². The number of ether oxygens (including phenoxy) is 2. The van der Waals surface area contributed by atoms with Gasteiger partial charge in [0.2, 0.25) is 0 Å². The van der Waals surface area contributed by atoms with Crippen LogP contribution in [0.1, 0.15) is 12.5 Å². The van der Waals surface area contributed by atoms with Gasteiger partial charge in [0.15, 0.2) is 0 Å². The Morgan fingerprint density at radius 2 is 2.44 bits per heavy atom. The third-order valence-electron chi connectivity index (χ3n) is 2.62. The Bertz CT molecular complexity index is 403. The summed E-state index contributed by atoms with van der Waals surface area (Å²) in [5, 5.41) is 0. The van der Waals surface area contributed by atoms with Crippen molar-refractivity contribution in [1.29, 1.82) is 0 Å². The molecule has 1 heterocycles. The van der Waals surface area contributed by atoms with E-state index in [1.807, 2.05) is 12.1 Å². The van der Waals surface area contributed by atoms with Crippen LogP contribution in [0.3, 0.4) is 0 Å². The zero-order valence-corrected chi connectivity index (χ0v) is 9.23. The Morgan fingerprint density at radius 3 is 3.19 bits per heavy atom. The van der Waals surface area contributed by atoms with E-state index in [0.29, 0.717) is 25.3 Å². The summed E-state index contributed by atoms with van der Waals surface area (Å²) in [5.74, 6) is 0.390.